The van der Waals surface area contributed by atoms with Gasteiger partial charge in [-0.3, -0.25) is 4.79 Å². The summed E-state index contributed by atoms with van der Waals surface area (Å²) in [5.74, 6) is -0.545. The van der Waals surface area contributed by atoms with Gasteiger partial charge < -0.3 is 21.5 Å². The zero-order chi connectivity index (χ0) is 14.3. The molecule has 1 amide bonds. The van der Waals surface area contributed by atoms with Crippen molar-refractivity contribution in [2.24, 2.45) is 5.73 Å². The fourth-order valence-electron chi connectivity index (χ4n) is 1.76. The Labute approximate surface area is 118 Å². The van der Waals surface area contributed by atoms with Gasteiger partial charge in [0.25, 0.3) is 5.91 Å². The summed E-state index contributed by atoms with van der Waals surface area (Å²) < 4.78 is 4.97. The number of rotatable bonds is 8. The molecule has 0 fully saturated rings. The maximum absolute atomic E-state index is 11.4. The van der Waals surface area contributed by atoms with E-state index in [1.165, 1.54) is 6.07 Å². The van der Waals surface area contributed by atoms with Crippen molar-refractivity contribution in [2.75, 3.05) is 31.3 Å². The number of halogens is 1. The summed E-state index contributed by atoms with van der Waals surface area (Å²) in [6.07, 6.45) is 3.01. The van der Waals surface area contributed by atoms with Crippen molar-refractivity contribution in [3.05, 3.63) is 22.7 Å². The van der Waals surface area contributed by atoms with E-state index in [1.807, 2.05) is 0 Å². The Morgan fingerprint density at radius 3 is 2.74 bits per heavy atom. The average molecular weight is 286 g/mol. The van der Waals surface area contributed by atoms with E-state index in [4.69, 9.17) is 27.8 Å². The summed E-state index contributed by atoms with van der Waals surface area (Å²) in [7, 11) is 1.69. The first-order chi connectivity index (χ1) is 9.06. The minimum absolute atomic E-state index is 0.321. The van der Waals surface area contributed by atoms with Gasteiger partial charge in [0.2, 0.25) is 0 Å². The van der Waals surface area contributed by atoms with Crippen LogP contribution in [0.4, 0.5) is 11.4 Å². The van der Waals surface area contributed by atoms with Gasteiger partial charge in [-0.15, -0.1) is 0 Å². The Bertz CT molecular complexity index is 438. The van der Waals surface area contributed by atoms with Gasteiger partial charge in [-0.1, -0.05) is 11.6 Å². The molecular formula is C13H20ClN3O2. The Kier molecular flexibility index (Phi) is 6.45. The van der Waals surface area contributed by atoms with Crippen molar-refractivity contribution < 1.29 is 9.53 Å². The normalized spacial score (nSPS) is 10.4. The van der Waals surface area contributed by atoms with Crippen LogP contribution in [0.15, 0.2) is 12.1 Å². The molecule has 0 saturated heterocycles. The van der Waals surface area contributed by atoms with E-state index in [1.54, 1.807) is 13.2 Å². The van der Waals surface area contributed by atoms with E-state index in [-0.39, 0.29) is 0 Å². The van der Waals surface area contributed by atoms with E-state index in [0.29, 0.717) is 28.5 Å². The van der Waals surface area contributed by atoms with Crippen molar-refractivity contribution in [1.29, 1.82) is 0 Å². The number of carbonyl (C=O) groups is 1. The predicted molar refractivity (Wildman–Crippen MR) is 78.6 cm³/mol. The van der Waals surface area contributed by atoms with Crippen LogP contribution in [-0.2, 0) is 4.74 Å². The number of hydrogen-bond acceptors (Lipinski definition) is 4. The number of primary amides is 1. The molecule has 0 saturated carbocycles. The number of ether oxygens (including phenoxy) is 1. The third kappa shape index (κ3) is 4.96. The fraction of sp³-hybridized carbons (Fsp3) is 0.462. The quantitative estimate of drug-likeness (QED) is 0.505. The number of carbonyl (C=O) groups excluding carboxylic acids is 1. The van der Waals surface area contributed by atoms with Crippen LogP contribution in [0.25, 0.3) is 0 Å². The molecule has 0 atom stereocenters. The first-order valence-electron chi connectivity index (χ1n) is 6.18. The van der Waals surface area contributed by atoms with Crippen LogP contribution < -0.4 is 16.8 Å². The number of benzene rings is 1. The minimum atomic E-state index is -0.545. The number of amides is 1. The number of hydrogen-bond donors (Lipinski definition) is 3. The second-order valence-corrected chi connectivity index (χ2v) is 4.68. The molecule has 1 aromatic rings. The van der Waals surface area contributed by atoms with Gasteiger partial charge in [0.15, 0.2) is 0 Å². The predicted octanol–water partition coefficient (Wildman–Crippen LogP) is 2.25. The summed E-state index contributed by atoms with van der Waals surface area (Å²) >= 11 is 6.07. The largest absolute Gasteiger partial charge is 0.399 e. The molecule has 0 aliphatic heterocycles. The van der Waals surface area contributed by atoms with Crippen molar-refractivity contribution in [2.45, 2.75) is 19.3 Å². The molecule has 0 radical (unpaired) electrons. The van der Waals surface area contributed by atoms with Crippen LogP contribution in [0.3, 0.4) is 0 Å². The van der Waals surface area contributed by atoms with Crippen LogP contribution in [0.2, 0.25) is 5.02 Å². The zero-order valence-corrected chi connectivity index (χ0v) is 11.8. The third-order valence-corrected chi connectivity index (χ3v) is 3.00. The molecule has 5 nitrogen and oxygen atoms in total. The molecule has 1 rings (SSSR count). The molecule has 0 heterocycles. The molecule has 1 aromatic carbocycles. The Balaban J connectivity index is 2.59. The van der Waals surface area contributed by atoms with E-state index in [9.17, 15) is 4.79 Å². The molecule has 19 heavy (non-hydrogen) atoms. The number of methoxy groups -OCH3 is 1. The number of nitrogens with one attached hydrogen (secondary N) is 1. The molecule has 0 spiro atoms. The van der Waals surface area contributed by atoms with Crippen molar-refractivity contribution in [1.82, 2.24) is 0 Å². The molecule has 5 N–H and O–H groups in total. The molecule has 0 unspecified atom stereocenters. The van der Waals surface area contributed by atoms with Gasteiger partial charge in [-0.2, -0.15) is 0 Å². The lowest BCUT2D eigenvalue weighted by molar-refractivity contribution is 0.100. The molecule has 0 aromatic heterocycles. The lowest BCUT2D eigenvalue weighted by Gasteiger charge is -2.13. The van der Waals surface area contributed by atoms with Crippen molar-refractivity contribution in [3.8, 4) is 0 Å². The lowest BCUT2D eigenvalue weighted by atomic mass is 10.1. The third-order valence-electron chi connectivity index (χ3n) is 2.71. The maximum Gasteiger partial charge on any atom is 0.250 e. The first kappa shape index (κ1) is 15.6. The average Bonchev–Trinajstić information content (AvgIpc) is 2.34. The van der Waals surface area contributed by atoms with Crippen LogP contribution in [0.1, 0.15) is 29.6 Å². The first-order valence-corrected chi connectivity index (χ1v) is 6.55. The van der Waals surface area contributed by atoms with Gasteiger partial charge in [0.05, 0.1) is 16.3 Å². The van der Waals surface area contributed by atoms with Gasteiger partial charge in [0, 0.05) is 25.9 Å². The molecule has 6 heteroatoms. The molecule has 106 valence electrons. The summed E-state index contributed by atoms with van der Waals surface area (Å²) in [5.41, 5.74) is 12.2. The Morgan fingerprint density at radius 1 is 1.37 bits per heavy atom. The summed E-state index contributed by atoms with van der Waals surface area (Å²) in [5, 5.41) is 3.55. The van der Waals surface area contributed by atoms with E-state index >= 15 is 0 Å². The highest BCUT2D eigenvalue weighted by Gasteiger charge is 2.12. The highest BCUT2D eigenvalue weighted by Crippen LogP contribution is 2.29. The van der Waals surface area contributed by atoms with Crippen LogP contribution in [0, 0.1) is 0 Å². The fourth-order valence-corrected chi connectivity index (χ4v) is 2.06. The molecule has 0 aliphatic carbocycles. The van der Waals surface area contributed by atoms with Crippen molar-refractivity contribution >= 4 is 28.9 Å². The SMILES string of the molecule is COCCCCCNc1c(Cl)cc(N)cc1C(N)=O. The molecular weight excluding hydrogens is 266 g/mol. The second kappa shape index (κ2) is 7.86. The number of nitrogens with two attached hydrogens (primary N) is 2. The molecule has 0 bridgehead atoms. The standard InChI is InChI=1S/C13H20ClN3O2/c1-19-6-4-2-3-5-17-12-10(13(16)18)7-9(15)8-11(12)14/h7-8,17H,2-6,15H2,1H3,(H2,16,18). The number of nitrogen functional groups attached to an aromatic ring is 1. The van der Waals surface area contributed by atoms with Crippen molar-refractivity contribution in [3.63, 3.8) is 0 Å². The topological polar surface area (TPSA) is 90.4 Å². The summed E-state index contributed by atoms with van der Waals surface area (Å²) in [6.45, 7) is 1.47. The van der Waals surface area contributed by atoms with Crippen LogP contribution >= 0.6 is 11.6 Å². The molecule has 0 aliphatic rings. The zero-order valence-electron chi connectivity index (χ0n) is 11.0. The van der Waals surface area contributed by atoms with Crippen LogP contribution in [0.5, 0.6) is 0 Å². The lowest BCUT2D eigenvalue weighted by Crippen LogP contribution is -2.16. The summed E-state index contributed by atoms with van der Waals surface area (Å²) in [6, 6.07) is 3.13. The monoisotopic (exact) mass is 285 g/mol. The minimum Gasteiger partial charge on any atom is -0.399 e. The maximum atomic E-state index is 11.4. The highest BCUT2D eigenvalue weighted by molar-refractivity contribution is 6.34. The summed E-state index contributed by atoms with van der Waals surface area (Å²) in [4.78, 5) is 11.4. The van der Waals surface area contributed by atoms with E-state index in [0.717, 1.165) is 25.9 Å². The smallest absolute Gasteiger partial charge is 0.250 e. The van der Waals surface area contributed by atoms with Gasteiger partial charge in [0.1, 0.15) is 0 Å². The van der Waals surface area contributed by atoms with E-state index in [2.05, 4.69) is 5.32 Å². The van der Waals surface area contributed by atoms with Gasteiger partial charge >= 0.3 is 0 Å². The van der Waals surface area contributed by atoms with E-state index < -0.39 is 5.91 Å². The Morgan fingerprint density at radius 2 is 2.11 bits per heavy atom. The second-order valence-electron chi connectivity index (χ2n) is 4.27. The number of anilines is 2. The van der Waals surface area contributed by atoms with Gasteiger partial charge in [-0.05, 0) is 31.4 Å². The number of unbranched alkanes of at least 4 members (excludes halogenated alkanes) is 2. The van der Waals surface area contributed by atoms with Crippen LogP contribution in [-0.4, -0.2) is 26.2 Å². The Hall–Kier alpha value is -1.46. The van der Waals surface area contributed by atoms with Gasteiger partial charge in [-0.25, -0.2) is 0 Å². The highest BCUT2D eigenvalue weighted by atomic mass is 35.5.